The van der Waals surface area contributed by atoms with Crippen LogP contribution in [-0.2, 0) is 14.9 Å². The molecular weight excluding hydrogens is 346 g/mol. The molecule has 0 amide bonds. The van der Waals surface area contributed by atoms with Crippen LogP contribution in [0.4, 0.5) is 13.2 Å². The first-order valence-electron chi connectivity index (χ1n) is 4.42. The van der Waals surface area contributed by atoms with Crippen molar-refractivity contribution in [1.29, 1.82) is 5.26 Å². The fraction of sp³-hybridized carbons (Fsp3) is 0.222. The minimum atomic E-state index is -4.68. The normalized spacial score (nSPS) is 12.2. The summed E-state index contributed by atoms with van der Waals surface area (Å²) in [6, 6.07) is 3.48. The average molecular weight is 350 g/mol. The molecule has 104 valence electrons. The van der Waals surface area contributed by atoms with Gasteiger partial charge in [0.05, 0.1) is 5.56 Å². The second-order valence-electron chi connectivity index (χ2n) is 3.16. The summed E-state index contributed by atoms with van der Waals surface area (Å²) in [4.78, 5) is -1.22. The molecule has 0 bridgehead atoms. The maximum absolute atomic E-state index is 12.4. The van der Waals surface area contributed by atoms with Gasteiger partial charge < -0.3 is 0 Å². The summed E-state index contributed by atoms with van der Waals surface area (Å²) in [6.07, 6.45) is 0. The van der Waals surface area contributed by atoms with Gasteiger partial charge in [-0.3, -0.25) is 0 Å². The molecule has 19 heavy (non-hydrogen) atoms. The topological polar surface area (TPSA) is 57.9 Å². The number of thioether (sulfide) groups is 1. The van der Waals surface area contributed by atoms with Gasteiger partial charge in [0.2, 0.25) is 0 Å². The highest BCUT2D eigenvalue weighted by molar-refractivity contribution is 8.13. The Hall–Kier alpha value is -0.620. The molecule has 0 fully saturated rings. The molecule has 0 heterocycles. The van der Waals surface area contributed by atoms with E-state index in [-0.39, 0.29) is 11.4 Å². The number of benzene rings is 1. The van der Waals surface area contributed by atoms with E-state index in [1.54, 1.807) is 0 Å². The minimum absolute atomic E-state index is 0.00427. The number of nitriles is 1. The third-order valence-corrected chi connectivity index (χ3v) is 4.49. The summed E-state index contributed by atoms with van der Waals surface area (Å²) >= 11 is 4.89. The minimum Gasteiger partial charge on any atom is -0.207 e. The zero-order valence-electron chi connectivity index (χ0n) is 8.83. The maximum Gasteiger partial charge on any atom is 0.446 e. The van der Waals surface area contributed by atoms with Crippen LogP contribution in [-0.4, -0.2) is 13.9 Å². The molecule has 0 aromatic heterocycles. The quantitative estimate of drug-likeness (QED) is 0.472. The molecule has 10 heteroatoms. The lowest BCUT2D eigenvalue weighted by Crippen LogP contribution is -2.05. The molecule has 0 aliphatic carbocycles. The summed E-state index contributed by atoms with van der Waals surface area (Å²) in [5.41, 5.74) is -5.33. The van der Waals surface area contributed by atoms with Crippen molar-refractivity contribution in [3.05, 3.63) is 23.3 Å². The predicted octanol–water partition coefficient (Wildman–Crippen LogP) is 3.84. The molecule has 0 radical (unpaired) electrons. The van der Waals surface area contributed by atoms with Crippen molar-refractivity contribution >= 4 is 43.1 Å². The molecule has 1 rings (SSSR count). The first kappa shape index (κ1) is 16.4. The second kappa shape index (κ2) is 5.79. The SMILES string of the molecule is N#Cc1c(S(=O)(=O)Cl)ccc(CCl)c1SC(F)(F)F. The summed E-state index contributed by atoms with van der Waals surface area (Å²) in [6.45, 7) is 0. The molecular formula is C9H4Cl2F3NO2S2. The Morgan fingerprint density at radius 2 is 1.95 bits per heavy atom. The van der Waals surface area contributed by atoms with E-state index < -0.39 is 41.7 Å². The monoisotopic (exact) mass is 349 g/mol. The third kappa shape index (κ3) is 4.18. The van der Waals surface area contributed by atoms with Gasteiger partial charge in [0.15, 0.2) is 0 Å². The molecule has 3 nitrogen and oxygen atoms in total. The Bertz CT molecular complexity index is 638. The lowest BCUT2D eigenvalue weighted by molar-refractivity contribution is -0.0328. The largest absolute Gasteiger partial charge is 0.446 e. The van der Waals surface area contributed by atoms with Crippen LogP contribution in [0.15, 0.2) is 21.9 Å². The summed E-state index contributed by atoms with van der Waals surface area (Å²) in [7, 11) is 0.756. The second-order valence-corrected chi connectivity index (χ2v) is 7.03. The smallest absolute Gasteiger partial charge is 0.207 e. The Labute approximate surface area is 120 Å². The number of halogens is 5. The van der Waals surface area contributed by atoms with Crippen LogP contribution >= 0.6 is 34.0 Å². The van der Waals surface area contributed by atoms with Crippen LogP contribution < -0.4 is 0 Å². The van der Waals surface area contributed by atoms with Gasteiger partial charge in [0, 0.05) is 21.5 Å². The van der Waals surface area contributed by atoms with E-state index in [0.717, 1.165) is 12.1 Å². The average Bonchev–Trinajstić information content (AvgIpc) is 2.25. The first-order chi connectivity index (χ1) is 8.60. The molecule has 0 unspecified atom stereocenters. The van der Waals surface area contributed by atoms with E-state index in [4.69, 9.17) is 27.5 Å². The van der Waals surface area contributed by atoms with Gasteiger partial charge in [0.1, 0.15) is 11.0 Å². The van der Waals surface area contributed by atoms with Gasteiger partial charge >= 0.3 is 5.51 Å². The van der Waals surface area contributed by atoms with Crippen LogP contribution in [0.1, 0.15) is 11.1 Å². The molecule has 0 saturated carbocycles. The van der Waals surface area contributed by atoms with Crippen LogP contribution in [0.2, 0.25) is 0 Å². The zero-order valence-corrected chi connectivity index (χ0v) is 12.0. The number of nitrogens with zero attached hydrogens (tertiary/aromatic N) is 1. The van der Waals surface area contributed by atoms with Gasteiger partial charge in [-0.1, -0.05) is 6.07 Å². The van der Waals surface area contributed by atoms with E-state index in [1.165, 1.54) is 6.07 Å². The summed E-state index contributed by atoms with van der Waals surface area (Å²) in [5, 5.41) is 8.88. The van der Waals surface area contributed by atoms with E-state index in [2.05, 4.69) is 0 Å². The van der Waals surface area contributed by atoms with Crippen LogP contribution in [0.25, 0.3) is 0 Å². The van der Waals surface area contributed by atoms with Crippen molar-refractivity contribution < 1.29 is 21.6 Å². The molecule has 1 aromatic carbocycles. The molecule has 1 aromatic rings. The molecule has 0 aliphatic rings. The van der Waals surface area contributed by atoms with E-state index in [1.807, 2.05) is 0 Å². The van der Waals surface area contributed by atoms with Crippen LogP contribution in [0, 0.1) is 11.3 Å². The van der Waals surface area contributed by atoms with Crippen molar-refractivity contribution in [2.45, 2.75) is 21.2 Å². The fourth-order valence-corrected chi connectivity index (χ4v) is 3.39. The van der Waals surface area contributed by atoms with Crippen molar-refractivity contribution in [1.82, 2.24) is 0 Å². The maximum atomic E-state index is 12.4. The van der Waals surface area contributed by atoms with E-state index in [9.17, 15) is 21.6 Å². The highest BCUT2D eigenvalue weighted by atomic mass is 35.7. The summed E-state index contributed by atoms with van der Waals surface area (Å²) in [5.74, 6) is -0.296. The van der Waals surface area contributed by atoms with E-state index >= 15 is 0 Å². The zero-order chi connectivity index (χ0) is 14.8. The van der Waals surface area contributed by atoms with Gasteiger partial charge in [-0.25, -0.2) is 8.42 Å². The lowest BCUT2D eigenvalue weighted by atomic mass is 10.1. The van der Waals surface area contributed by atoms with Crippen molar-refractivity contribution in [3.8, 4) is 6.07 Å². The lowest BCUT2D eigenvalue weighted by Gasteiger charge is -2.13. The van der Waals surface area contributed by atoms with Crippen LogP contribution in [0.3, 0.4) is 0 Å². The van der Waals surface area contributed by atoms with Gasteiger partial charge in [-0.2, -0.15) is 18.4 Å². The molecule has 0 N–H and O–H groups in total. The standard InChI is InChI=1S/C9H4Cl2F3NO2S2/c10-3-5-1-2-7(19(11,16)17)6(4-15)8(5)18-9(12,13)14/h1-2H,3H2. The molecule has 0 atom stereocenters. The summed E-state index contributed by atoms with van der Waals surface area (Å²) < 4.78 is 59.7. The van der Waals surface area contributed by atoms with Gasteiger partial charge in [0.25, 0.3) is 9.05 Å². The van der Waals surface area contributed by atoms with Crippen molar-refractivity contribution in [2.24, 2.45) is 0 Å². The molecule has 0 aliphatic heterocycles. The van der Waals surface area contributed by atoms with E-state index in [0.29, 0.717) is 0 Å². The third-order valence-electron chi connectivity index (χ3n) is 1.94. The number of hydrogen-bond acceptors (Lipinski definition) is 4. The highest BCUT2D eigenvalue weighted by Crippen LogP contribution is 2.42. The fourth-order valence-electron chi connectivity index (χ4n) is 1.25. The predicted molar refractivity (Wildman–Crippen MR) is 65.7 cm³/mol. The number of rotatable bonds is 3. The Kier molecular flexibility index (Phi) is 5.01. The van der Waals surface area contributed by atoms with Gasteiger partial charge in [-0.15, -0.1) is 11.6 Å². The highest BCUT2D eigenvalue weighted by Gasteiger charge is 2.33. The molecule has 0 saturated heterocycles. The van der Waals surface area contributed by atoms with Crippen molar-refractivity contribution in [2.75, 3.05) is 0 Å². The Balaban J connectivity index is 3.62. The Morgan fingerprint density at radius 3 is 2.32 bits per heavy atom. The van der Waals surface area contributed by atoms with Gasteiger partial charge in [-0.05, 0) is 23.4 Å². The number of hydrogen-bond donors (Lipinski definition) is 0. The number of alkyl halides is 4. The molecule has 0 spiro atoms. The van der Waals surface area contributed by atoms with Crippen LogP contribution in [0.5, 0.6) is 0 Å². The Morgan fingerprint density at radius 1 is 1.37 bits per heavy atom. The van der Waals surface area contributed by atoms with Crippen molar-refractivity contribution in [3.63, 3.8) is 0 Å². The first-order valence-corrected chi connectivity index (χ1v) is 8.08.